The van der Waals surface area contributed by atoms with Gasteiger partial charge in [-0.15, -0.1) is 5.10 Å². The first-order valence-corrected chi connectivity index (χ1v) is 8.16. The fourth-order valence-corrected chi connectivity index (χ4v) is 2.31. The van der Waals surface area contributed by atoms with Crippen molar-refractivity contribution in [3.05, 3.63) is 59.2 Å². The predicted molar refractivity (Wildman–Crippen MR) is 94.6 cm³/mol. The summed E-state index contributed by atoms with van der Waals surface area (Å²) in [6, 6.07) is 14.2. The van der Waals surface area contributed by atoms with Crippen LogP contribution in [0.3, 0.4) is 0 Å². The molecular weight excluding hydrogens is 318 g/mol. The number of anilines is 1. The highest BCUT2D eigenvalue weighted by molar-refractivity contribution is 5.44. The third kappa shape index (κ3) is 4.69. The Kier molecular flexibility index (Phi) is 5.46. The van der Waals surface area contributed by atoms with Crippen LogP contribution in [0.25, 0.3) is 0 Å². The molecule has 0 radical (unpaired) electrons. The van der Waals surface area contributed by atoms with E-state index in [9.17, 15) is 0 Å². The third-order valence-corrected chi connectivity index (χ3v) is 3.62. The average molecular weight is 339 g/mol. The van der Waals surface area contributed by atoms with Gasteiger partial charge < -0.3 is 14.8 Å². The van der Waals surface area contributed by atoms with Crippen LogP contribution in [-0.2, 0) is 13.2 Å². The number of hydrogen-bond donors (Lipinski definition) is 2. The molecule has 0 bridgehead atoms. The number of benzene rings is 2. The minimum atomic E-state index is 0.456. The maximum Gasteiger partial charge on any atom is 0.263 e. The van der Waals surface area contributed by atoms with E-state index in [4.69, 9.17) is 9.47 Å². The summed E-state index contributed by atoms with van der Waals surface area (Å²) >= 11 is 0. The first-order valence-electron chi connectivity index (χ1n) is 8.16. The first kappa shape index (κ1) is 16.8. The summed E-state index contributed by atoms with van der Waals surface area (Å²) in [6.07, 6.45) is 0. The molecule has 2 aromatic carbocycles. The number of hydrogen-bond acceptors (Lipinski definition) is 6. The summed E-state index contributed by atoms with van der Waals surface area (Å²) in [6.45, 7) is 5.66. The Labute approximate surface area is 146 Å². The smallest absolute Gasteiger partial charge is 0.263 e. The second-order valence-electron chi connectivity index (χ2n) is 5.58. The van der Waals surface area contributed by atoms with Crippen LogP contribution in [0, 0.1) is 6.92 Å². The third-order valence-electron chi connectivity index (χ3n) is 3.62. The fourth-order valence-electron chi connectivity index (χ4n) is 2.31. The minimum absolute atomic E-state index is 0.456. The highest BCUT2D eigenvalue weighted by atomic mass is 16.5. The van der Waals surface area contributed by atoms with E-state index in [1.54, 1.807) is 0 Å². The van der Waals surface area contributed by atoms with Gasteiger partial charge in [-0.25, -0.2) is 0 Å². The molecule has 2 N–H and O–H groups in total. The molecule has 0 atom stereocenters. The van der Waals surface area contributed by atoms with E-state index in [2.05, 4.69) is 57.1 Å². The van der Waals surface area contributed by atoms with Gasteiger partial charge in [-0.05, 0) is 42.3 Å². The molecule has 0 fully saturated rings. The zero-order valence-electron chi connectivity index (χ0n) is 14.3. The maximum atomic E-state index is 5.94. The topological polar surface area (TPSA) is 85.0 Å². The average Bonchev–Trinajstić information content (AvgIpc) is 3.14. The zero-order valence-corrected chi connectivity index (χ0v) is 14.3. The van der Waals surface area contributed by atoms with E-state index in [1.165, 1.54) is 5.56 Å². The largest absolute Gasteiger partial charge is 0.490 e. The molecule has 0 amide bonds. The van der Waals surface area contributed by atoms with Crippen LogP contribution in [0.4, 0.5) is 5.95 Å². The van der Waals surface area contributed by atoms with Crippen molar-refractivity contribution in [3.8, 4) is 11.5 Å². The summed E-state index contributed by atoms with van der Waals surface area (Å²) in [5.74, 6) is 1.91. The van der Waals surface area contributed by atoms with Gasteiger partial charge >= 0.3 is 0 Å². The van der Waals surface area contributed by atoms with E-state index in [0.29, 0.717) is 25.7 Å². The van der Waals surface area contributed by atoms with Crippen molar-refractivity contribution in [2.24, 2.45) is 0 Å². The molecule has 0 saturated carbocycles. The summed E-state index contributed by atoms with van der Waals surface area (Å²) in [7, 11) is 0. The van der Waals surface area contributed by atoms with Gasteiger partial charge in [-0.3, -0.25) is 0 Å². The number of aromatic nitrogens is 4. The van der Waals surface area contributed by atoms with Crippen molar-refractivity contribution in [1.82, 2.24) is 20.6 Å². The van der Waals surface area contributed by atoms with Crippen molar-refractivity contribution in [2.45, 2.75) is 27.0 Å². The Morgan fingerprint density at radius 3 is 2.52 bits per heavy atom. The van der Waals surface area contributed by atoms with Crippen molar-refractivity contribution < 1.29 is 9.47 Å². The van der Waals surface area contributed by atoms with Gasteiger partial charge in [0.25, 0.3) is 5.95 Å². The second kappa shape index (κ2) is 8.14. The molecule has 7 heteroatoms. The molecular formula is C18H21N5O2. The van der Waals surface area contributed by atoms with Crippen LogP contribution in [0.2, 0.25) is 0 Å². The van der Waals surface area contributed by atoms with Crippen LogP contribution in [0.1, 0.15) is 23.6 Å². The van der Waals surface area contributed by atoms with Crippen molar-refractivity contribution in [1.29, 1.82) is 0 Å². The van der Waals surface area contributed by atoms with Gasteiger partial charge in [0, 0.05) is 6.54 Å². The standard InChI is InChI=1S/C18H21N5O2/c1-3-24-17-10-15(11-19-18-20-22-23-21-18)8-9-16(17)25-12-14-6-4-13(2)5-7-14/h4-10H,3,11-12H2,1-2H3,(H2,19,20,21,22,23). The van der Waals surface area contributed by atoms with Gasteiger partial charge in [-0.2, -0.15) is 5.21 Å². The minimum Gasteiger partial charge on any atom is -0.490 e. The molecule has 1 heterocycles. The molecule has 0 saturated heterocycles. The van der Waals surface area contributed by atoms with Crippen molar-refractivity contribution >= 4 is 5.95 Å². The maximum absolute atomic E-state index is 5.94. The number of tetrazole rings is 1. The molecule has 130 valence electrons. The Balaban J connectivity index is 1.66. The van der Waals surface area contributed by atoms with Crippen molar-refractivity contribution in [3.63, 3.8) is 0 Å². The normalized spacial score (nSPS) is 10.5. The number of nitrogens with zero attached hydrogens (tertiary/aromatic N) is 3. The Hall–Kier alpha value is -3.09. The summed E-state index contributed by atoms with van der Waals surface area (Å²) < 4.78 is 11.7. The molecule has 0 aliphatic rings. The molecule has 25 heavy (non-hydrogen) atoms. The monoisotopic (exact) mass is 339 g/mol. The molecule has 0 unspecified atom stereocenters. The second-order valence-corrected chi connectivity index (χ2v) is 5.58. The molecule has 1 aromatic heterocycles. The molecule has 0 aliphatic heterocycles. The summed E-state index contributed by atoms with van der Waals surface area (Å²) in [4.78, 5) is 0. The number of ether oxygens (including phenoxy) is 2. The SMILES string of the molecule is CCOc1cc(CNc2nn[nH]n2)ccc1OCc1ccc(C)cc1. The van der Waals surface area contributed by atoms with E-state index >= 15 is 0 Å². The number of H-pyrrole nitrogens is 1. The highest BCUT2D eigenvalue weighted by Gasteiger charge is 2.08. The van der Waals surface area contributed by atoms with E-state index < -0.39 is 0 Å². The van der Waals surface area contributed by atoms with Gasteiger partial charge in [-0.1, -0.05) is 41.0 Å². The summed E-state index contributed by atoms with van der Waals surface area (Å²) in [5, 5.41) is 16.7. The van der Waals surface area contributed by atoms with E-state index in [0.717, 1.165) is 22.6 Å². The Morgan fingerprint density at radius 2 is 1.80 bits per heavy atom. The number of aryl methyl sites for hydroxylation is 1. The van der Waals surface area contributed by atoms with Crippen LogP contribution in [-0.4, -0.2) is 27.2 Å². The molecule has 0 spiro atoms. The van der Waals surface area contributed by atoms with E-state index in [-0.39, 0.29) is 0 Å². The number of nitrogens with one attached hydrogen (secondary N) is 2. The Morgan fingerprint density at radius 1 is 1.00 bits per heavy atom. The quantitative estimate of drug-likeness (QED) is 0.656. The van der Waals surface area contributed by atoms with Crippen molar-refractivity contribution in [2.75, 3.05) is 11.9 Å². The lowest BCUT2D eigenvalue weighted by atomic mass is 10.1. The lowest BCUT2D eigenvalue weighted by molar-refractivity contribution is 0.269. The lowest BCUT2D eigenvalue weighted by Crippen LogP contribution is -2.04. The highest BCUT2D eigenvalue weighted by Crippen LogP contribution is 2.29. The molecule has 7 nitrogen and oxygen atoms in total. The van der Waals surface area contributed by atoms with Gasteiger partial charge in [0.05, 0.1) is 6.61 Å². The fraction of sp³-hybridized carbons (Fsp3) is 0.278. The van der Waals surface area contributed by atoms with Crippen LogP contribution < -0.4 is 14.8 Å². The predicted octanol–water partition coefficient (Wildman–Crippen LogP) is 3.10. The van der Waals surface area contributed by atoms with Crippen LogP contribution in [0.5, 0.6) is 11.5 Å². The molecule has 0 aliphatic carbocycles. The molecule has 3 aromatic rings. The van der Waals surface area contributed by atoms with Gasteiger partial charge in [0.2, 0.25) is 0 Å². The lowest BCUT2D eigenvalue weighted by Gasteiger charge is -2.14. The summed E-state index contributed by atoms with van der Waals surface area (Å²) in [5.41, 5.74) is 3.39. The first-order chi connectivity index (χ1) is 12.2. The zero-order chi connectivity index (χ0) is 17.5. The van der Waals surface area contributed by atoms with Crippen LogP contribution in [0.15, 0.2) is 42.5 Å². The van der Waals surface area contributed by atoms with E-state index in [1.807, 2.05) is 25.1 Å². The Bertz CT molecular complexity index is 788. The number of aromatic amines is 1. The van der Waals surface area contributed by atoms with Gasteiger partial charge in [0.15, 0.2) is 11.5 Å². The van der Waals surface area contributed by atoms with Crippen LogP contribution >= 0.6 is 0 Å². The number of rotatable bonds is 8. The molecule has 3 rings (SSSR count). The van der Waals surface area contributed by atoms with Gasteiger partial charge in [0.1, 0.15) is 6.61 Å².